The molecule has 122 valence electrons. The van der Waals surface area contributed by atoms with Gasteiger partial charge in [-0.25, -0.2) is 4.39 Å². The van der Waals surface area contributed by atoms with Gasteiger partial charge in [0.1, 0.15) is 30.2 Å². The summed E-state index contributed by atoms with van der Waals surface area (Å²) in [6, 6.07) is 3.57. The Morgan fingerprint density at radius 2 is 1.82 bits per heavy atom. The molecular formula is C14H18FNO6. The van der Waals surface area contributed by atoms with Gasteiger partial charge in [0.2, 0.25) is 5.91 Å². The first kappa shape index (κ1) is 16.8. The molecule has 1 amide bonds. The van der Waals surface area contributed by atoms with Gasteiger partial charge in [0.25, 0.3) is 0 Å². The van der Waals surface area contributed by atoms with E-state index in [9.17, 15) is 24.5 Å². The van der Waals surface area contributed by atoms with Gasteiger partial charge in [-0.3, -0.25) is 4.79 Å². The number of carbonyl (C=O) groups is 1. The quantitative estimate of drug-likeness (QED) is 0.568. The van der Waals surface area contributed by atoms with Gasteiger partial charge in [-0.15, -0.1) is 0 Å². The number of rotatable bonds is 3. The summed E-state index contributed by atoms with van der Waals surface area (Å²) in [5, 5.41) is 39.1. The van der Waals surface area contributed by atoms with E-state index in [0.717, 1.165) is 17.0 Å². The van der Waals surface area contributed by atoms with Crippen molar-refractivity contribution < 1.29 is 34.3 Å². The van der Waals surface area contributed by atoms with Crippen LogP contribution in [0.4, 0.5) is 10.1 Å². The number of anilines is 1. The normalized spacial score (nSPS) is 31.8. The van der Waals surface area contributed by atoms with E-state index in [-0.39, 0.29) is 5.69 Å². The Morgan fingerprint density at radius 3 is 2.32 bits per heavy atom. The second kappa shape index (κ2) is 6.67. The summed E-state index contributed by atoms with van der Waals surface area (Å²) in [7, 11) is 0. The lowest BCUT2D eigenvalue weighted by Gasteiger charge is -2.44. The zero-order valence-corrected chi connectivity index (χ0v) is 11.8. The van der Waals surface area contributed by atoms with Crippen molar-refractivity contribution in [3.05, 3.63) is 30.1 Å². The predicted molar refractivity (Wildman–Crippen MR) is 73.3 cm³/mol. The van der Waals surface area contributed by atoms with E-state index < -0.39 is 49.0 Å². The van der Waals surface area contributed by atoms with E-state index >= 15 is 0 Å². The van der Waals surface area contributed by atoms with Crippen LogP contribution in [0.5, 0.6) is 0 Å². The number of ether oxygens (including phenoxy) is 1. The standard InChI is InChI=1S/C14H18FNO6/c1-7(18)16(9-4-2-8(15)3-5-9)11-13(20)12(19)10(6-17)22-14(11)21/h2-5,10-14,17,19-21H,6H2,1H3/t10-,11-,12-,13-,14-/m1/s1. The van der Waals surface area contributed by atoms with Crippen molar-refractivity contribution in [1.29, 1.82) is 0 Å². The Bertz CT molecular complexity index is 525. The Balaban J connectivity index is 2.35. The van der Waals surface area contributed by atoms with Gasteiger partial charge >= 0.3 is 0 Å². The van der Waals surface area contributed by atoms with Crippen LogP contribution in [0.2, 0.25) is 0 Å². The molecule has 0 saturated carbocycles. The molecule has 0 aliphatic carbocycles. The van der Waals surface area contributed by atoms with E-state index in [1.165, 1.54) is 19.1 Å². The van der Waals surface area contributed by atoms with E-state index in [1.807, 2.05) is 0 Å². The van der Waals surface area contributed by atoms with Crippen LogP contribution in [0.25, 0.3) is 0 Å². The first-order valence-corrected chi connectivity index (χ1v) is 6.72. The summed E-state index contributed by atoms with van der Waals surface area (Å²) >= 11 is 0. The molecule has 1 saturated heterocycles. The molecule has 1 aliphatic heterocycles. The number of benzene rings is 1. The maximum absolute atomic E-state index is 13.0. The van der Waals surface area contributed by atoms with Crippen LogP contribution in [0.1, 0.15) is 6.92 Å². The number of aliphatic hydroxyl groups excluding tert-OH is 4. The first-order valence-electron chi connectivity index (χ1n) is 6.72. The Hall–Kier alpha value is -1.58. The smallest absolute Gasteiger partial charge is 0.224 e. The Labute approximate surface area is 126 Å². The maximum Gasteiger partial charge on any atom is 0.224 e. The number of hydrogen-bond acceptors (Lipinski definition) is 6. The van der Waals surface area contributed by atoms with Crippen molar-refractivity contribution in [2.45, 2.75) is 37.6 Å². The fraction of sp³-hybridized carbons (Fsp3) is 0.500. The van der Waals surface area contributed by atoms with Gasteiger partial charge < -0.3 is 30.1 Å². The van der Waals surface area contributed by atoms with Crippen LogP contribution in [-0.4, -0.2) is 63.6 Å². The molecule has 22 heavy (non-hydrogen) atoms. The number of carbonyl (C=O) groups excluding carboxylic acids is 1. The van der Waals surface area contributed by atoms with E-state index in [0.29, 0.717) is 0 Å². The minimum absolute atomic E-state index is 0.232. The van der Waals surface area contributed by atoms with Gasteiger partial charge in [-0.05, 0) is 24.3 Å². The highest BCUT2D eigenvalue weighted by Crippen LogP contribution is 2.28. The summed E-state index contributed by atoms with van der Waals surface area (Å²) in [5.74, 6) is -1.04. The highest BCUT2D eigenvalue weighted by atomic mass is 19.1. The molecule has 5 atom stereocenters. The summed E-state index contributed by atoms with van der Waals surface area (Å²) < 4.78 is 18.0. The van der Waals surface area contributed by atoms with Crippen LogP contribution in [0.3, 0.4) is 0 Å². The third kappa shape index (κ3) is 3.11. The van der Waals surface area contributed by atoms with Gasteiger partial charge in [0.05, 0.1) is 6.61 Å². The van der Waals surface area contributed by atoms with Crippen molar-refractivity contribution in [2.75, 3.05) is 11.5 Å². The maximum atomic E-state index is 13.0. The third-order valence-electron chi connectivity index (χ3n) is 3.61. The van der Waals surface area contributed by atoms with E-state index in [2.05, 4.69) is 0 Å². The summed E-state index contributed by atoms with van der Waals surface area (Å²) in [5.41, 5.74) is 0.232. The molecule has 1 aromatic rings. The second-order valence-corrected chi connectivity index (χ2v) is 5.08. The highest BCUT2D eigenvalue weighted by Gasteiger charge is 2.47. The second-order valence-electron chi connectivity index (χ2n) is 5.08. The zero-order valence-electron chi connectivity index (χ0n) is 11.8. The predicted octanol–water partition coefficient (Wildman–Crippen LogP) is -1.02. The largest absolute Gasteiger partial charge is 0.394 e. The van der Waals surface area contributed by atoms with Crippen molar-refractivity contribution in [3.8, 4) is 0 Å². The lowest BCUT2D eigenvalue weighted by atomic mass is 9.95. The van der Waals surface area contributed by atoms with Gasteiger partial charge in [-0.1, -0.05) is 0 Å². The molecule has 0 unspecified atom stereocenters. The molecule has 0 spiro atoms. The number of aliphatic hydroxyl groups is 4. The van der Waals surface area contributed by atoms with Crippen molar-refractivity contribution in [2.24, 2.45) is 0 Å². The van der Waals surface area contributed by atoms with Gasteiger partial charge in [0, 0.05) is 12.6 Å². The topological polar surface area (TPSA) is 110 Å². The molecule has 0 bridgehead atoms. The molecule has 0 radical (unpaired) electrons. The molecule has 1 heterocycles. The fourth-order valence-corrected chi connectivity index (χ4v) is 2.53. The van der Waals surface area contributed by atoms with Crippen LogP contribution in [0.15, 0.2) is 24.3 Å². The lowest BCUT2D eigenvalue weighted by molar-refractivity contribution is -0.249. The van der Waals surface area contributed by atoms with Gasteiger partial charge in [-0.2, -0.15) is 0 Å². The molecule has 8 heteroatoms. The molecular weight excluding hydrogens is 297 g/mol. The molecule has 1 aliphatic rings. The molecule has 1 aromatic carbocycles. The van der Waals surface area contributed by atoms with Crippen LogP contribution >= 0.6 is 0 Å². The van der Waals surface area contributed by atoms with Crippen LogP contribution in [-0.2, 0) is 9.53 Å². The summed E-state index contributed by atoms with van der Waals surface area (Å²) in [6.45, 7) is 0.603. The summed E-state index contributed by atoms with van der Waals surface area (Å²) in [6.07, 6.45) is -5.82. The monoisotopic (exact) mass is 315 g/mol. The highest BCUT2D eigenvalue weighted by molar-refractivity contribution is 5.92. The Kier molecular flexibility index (Phi) is 5.09. The summed E-state index contributed by atoms with van der Waals surface area (Å²) in [4.78, 5) is 12.9. The van der Waals surface area contributed by atoms with Crippen molar-refractivity contribution in [1.82, 2.24) is 0 Å². The van der Waals surface area contributed by atoms with E-state index in [4.69, 9.17) is 9.84 Å². The fourth-order valence-electron chi connectivity index (χ4n) is 2.53. The molecule has 2 rings (SSSR count). The van der Waals surface area contributed by atoms with Crippen LogP contribution < -0.4 is 4.90 Å². The minimum atomic E-state index is -1.62. The number of amides is 1. The molecule has 4 N–H and O–H groups in total. The molecule has 0 aromatic heterocycles. The molecule has 1 fully saturated rings. The van der Waals surface area contributed by atoms with Gasteiger partial charge in [0.15, 0.2) is 6.29 Å². The average Bonchev–Trinajstić information content (AvgIpc) is 2.48. The Morgan fingerprint density at radius 1 is 1.23 bits per heavy atom. The van der Waals surface area contributed by atoms with Crippen LogP contribution in [0, 0.1) is 5.82 Å². The number of hydrogen-bond donors (Lipinski definition) is 4. The van der Waals surface area contributed by atoms with E-state index in [1.54, 1.807) is 0 Å². The average molecular weight is 315 g/mol. The van der Waals surface area contributed by atoms with Crippen molar-refractivity contribution in [3.63, 3.8) is 0 Å². The third-order valence-corrected chi connectivity index (χ3v) is 3.61. The number of nitrogens with zero attached hydrogens (tertiary/aromatic N) is 1. The lowest BCUT2D eigenvalue weighted by Crippen LogP contribution is -2.65. The minimum Gasteiger partial charge on any atom is -0.394 e. The van der Waals surface area contributed by atoms with Crippen molar-refractivity contribution >= 4 is 11.6 Å². The number of halogens is 1. The zero-order chi connectivity index (χ0) is 16.4. The SMILES string of the molecule is CC(=O)N(c1ccc(F)cc1)[C@@H]1[C@@H](O)[C@H](O)[C@@H](CO)O[C@H]1O. The first-order chi connectivity index (χ1) is 10.4. The molecule has 7 nitrogen and oxygen atoms in total.